The molecule has 0 heterocycles. The lowest BCUT2D eigenvalue weighted by Crippen LogP contribution is -2.01. The second-order valence-electron chi connectivity index (χ2n) is 5.60. The molecule has 0 bridgehead atoms. The van der Waals surface area contributed by atoms with Gasteiger partial charge in [-0.05, 0) is 32.1 Å². The summed E-state index contributed by atoms with van der Waals surface area (Å²) in [6.07, 6.45) is 21.1. The van der Waals surface area contributed by atoms with Crippen LogP contribution in [0.1, 0.15) is 84.0 Å². The van der Waals surface area contributed by atoms with E-state index in [4.69, 9.17) is 4.74 Å². The topological polar surface area (TPSA) is 26.3 Å². The van der Waals surface area contributed by atoms with Gasteiger partial charge >= 0.3 is 5.97 Å². The second-order valence-corrected chi connectivity index (χ2v) is 5.60. The third kappa shape index (κ3) is 16.9. The van der Waals surface area contributed by atoms with Crippen LogP contribution in [-0.4, -0.2) is 12.6 Å². The summed E-state index contributed by atoms with van der Waals surface area (Å²) in [5, 5.41) is 0. The maximum Gasteiger partial charge on any atom is 0.330 e. The minimum absolute atomic E-state index is 0.312. The number of carbonyl (C=O) groups is 1. The molecule has 0 saturated heterocycles. The number of allylic oxidation sites excluding steroid dienone is 2. The van der Waals surface area contributed by atoms with Crippen LogP contribution in [0.5, 0.6) is 0 Å². The summed E-state index contributed by atoms with van der Waals surface area (Å²) < 4.78 is 4.93. The molecular weight excluding hydrogens is 260 g/mol. The van der Waals surface area contributed by atoms with Crippen molar-refractivity contribution in [2.45, 2.75) is 84.0 Å². The minimum atomic E-state index is -0.312. The summed E-state index contributed by atoms with van der Waals surface area (Å²) in [6, 6.07) is 0. The minimum Gasteiger partial charge on any atom is -0.463 e. The van der Waals surface area contributed by atoms with Gasteiger partial charge in [0, 0.05) is 6.08 Å². The third-order valence-electron chi connectivity index (χ3n) is 3.57. The molecule has 0 fully saturated rings. The van der Waals surface area contributed by atoms with E-state index in [9.17, 15) is 4.79 Å². The van der Waals surface area contributed by atoms with E-state index in [0.717, 1.165) is 12.8 Å². The Morgan fingerprint density at radius 2 is 1.38 bits per heavy atom. The molecule has 2 heteroatoms. The summed E-state index contributed by atoms with van der Waals surface area (Å²) >= 11 is 0. The van der Waals surface area contributed by atoms with Crippen molar-refractivity contribution >= 4 is 5.97 Å². The zero-order valence-electron chi connectivity index (χ0n) is 13.9. The van der Waals surface area contributed by atoms with Gasteiger partial charge in [0.05, 0.1) is 6.61 Å². The van der Waals surface area contributed by atoms with E-state index in [1.165, 1.54) is 70.3 Å². The number of unbranched alkanes of at least 4 members (excludes halogenated alkanes) is 10. The highest BCUT2D eigenvalue weighted by Crippen LogP contribution is 2.08. The maximum absolute atomic E-state index is 10.8. The fourth-order valence-corrected chi connectivity index (χ4v) is 2.23. The van der Waals surface area contributed by atoms with Gasteiger partial charge in [-0.2, -0.15) is 0 Å². The van der Waals surface area contributed by atoms with E-state index in [1.807, 2.05) is 0 Å². The largest absolute Gasteiger partial charge is 0.463 e. The van der Waals surface area contributed by atoms with Crippen LogP contribution in [0.3, 0.4) is 0 Å². The van der Waals surface area contributed by atoms with E-state index >= 15 is 0 Å². The quantitative estimate of drug-likeness (QED) is 0.161. The van der Waals surface area contributed by atoms with Crippen LogP contribution < -0.4 is 0 Å². The molecule has 0 amide bonds. The molecule has 0 aromatic carbocycles. The van der Waals surface area contributed by atoms with Crippen LogP contribution >= 0.6 is 0 Å². The number of hydrogen-bond donors (Lipinski definition) is 0. The van der Waals surface area contributed by atoms with Gasteiger partial charge in [0.2, 0.25) is 0 Å². The molecule has 0 spiro atoms. The number of hydrogen-bond acceptors (Lipinski definition) is 2. The summed E-state index contributed by atoms with van der Waals surface area (Å²) in [5.41, 5.74) is 0. The number of rotatable bonds is 15. The Bertz CT molecular complexity index is 269. The second kappa shape index (κ2) is 17.0. The smallest absolute Gasteiger partial charge is 0.330 e. The Balaban J connectivity index is 3.11. The van der Waals surface area contributed by atoms with Crippen molar-refractivity contribution in [3.8, 4) is 0 Å². The Morgan fingerprint density at radius 1 is 0.857 bits per heavy atom. The number of esters is 1. The zero-order chi connectivity index (χ0) is 15.6. The highest BCUT2D eigenvalue weighted by atomic mass is 16.5. The summed E-state index contributed by atoms with van der Waals surface area (Å²) in [7, 11) is 0. The van der Waals surface area contributed by atoms with Gasteiger partial charge in [-0.1, -0.05) is 70.6 Å². The number of ether oxygens (including phenoxy) is 1. The molecule has 122 valence electrons. The Hall–Kier alpha value is -1.05. The van der Waals surface area contributed by atoms with Crippen molar-refractivity contribution < 1.29 is 9.53 Å². The van der Waals surface area contributed by atoms with Crippen LogP contribution in [0, 0.1) is 0 Å². The highest BCUT2D eigenvalue weighted by Gasteiger charge is 1.94. The molecule has 0 aliphatic rings. The van der Waals surface area contributed by atoms with Crippen LogP contribution in [-0.2, 0) is 9.53 Å². The first-order chi connectivity index (χ1) is 10.3. The van der Waals surface area contributed by atoms with Gasteiger partial charge in [0.15, 0.2) is 0 Å². The third-order valence-corrected chi connectivity index (χ3v) is 3.57. The molecule has 0 aliphatic carbocycles. The van der Waals surface area contributed by atoms with Crippen LogP contribution in [0.2, 0.25) is 0 Å². The van der Waals surface area contributed by atoms with E-state index in [0.29, 0.717) is 6.61 Å². The molecule has 2 nitrogen and oxygen atoms in total. The van der Waals surface area contributed by atoms with Crippen molar-refractivity contribution in [3.05, 3.63) is 24.8 Å². The summed E-state index contributed by atoms with van der Waals surface area (Å²) in [4.78, 5) is 10.8. The van der Waals surface area contributed by atoms with Crippen molar-refractivity contribution in [3.63, 3.8) is 0 Å². The fourth-order valence-electron chi connectivity index (χ4n) is 2.23. The maximum atomic E-state index is 10.8. The molecule has 0 atom stereocenters. The van der Waals surface area contributed by atoms with E-state index in [2.05, 4.69) is 25.7 Å². The van der Waals surface area contributed by atoms with Crippen molar-refractivity contribution in [2.24, 2.45) is 0 Å². The lowest BCUT2D eigenvalue weighted by molar-refractivity contribution is -0.137. The first kappa shape index (κ1) is 19.9. The van der Waals surface area contributed by atoms with Crippen molar-refractivity contribution in [1.82, 2.24) is 0 Å². The number of carbonyl (C=O) groups excluding carboxylic acids is 1. The first-order valence-electron chi connectivity index (χ1n) is 8.75. The average Bonchev–Trinajstić information content (AvgIpc) is 2.50. The summed E-state index contributed by atoms with van der Waals surface area (Å²) in [6.45, 7) is 6.15. The van der Waals surface area contributed by atoms with Gasteiger partial charge in [0.1, 0.15) is 0 Å². The van der Waals surface area contributed by atoms with Gasteiger partial charge in [-0.3, -0.25) is 0 Å². The van der Waals surface area contributed by atoms with E-state index in [1.54, 1.807) is 0 Å². The van der Waals surface area contributed by atoms with Crippen LogP contribution in [0.25, 0.3) is 0 Å². The van der Waals surface area contributed by atoms with Crippen LogP contribution in [0.4, 0.5) is 0 Å². The summed E-state index contributed by atoms with van der Waals surface area (Å²) in [5.74, 6) is -0.312. The van der Waals surface area contributed by atoms with E-state index < -0.39 is 0 Å². The lowest BCUT2D eigenvalue weighted by atomic mass is 10.1. The molecule has 0 unspecified atom stereocenters. The molecule has 0 aliphatic heterocycles. The average molecular weight is 294 g/mol. The van der Waals surface area contributed by atoms with Crippen molar-refractivity contribution in [2.75, 3.05) is 6.61 Å². The normalized spacial score (nSPS) is 10.9. The molecule has 0 radical (unpaired) electrons. The Kier molecular flexibility index (Phi) is 16.2. The van der Waals surface area contributed by atoms with E-state index in [-0.39, 0.29) is 5.97 Å². The monoisotopic (exact) mass is 294 g/mol. The van der Waals surface area contributed by atoms with Gasteiger partial charge in [0.25, 0.3) is 0 Å². The molecular formula is C19H34O2. The highest BCUT2D eigenvalue weighted by molar-refractivity contribution is 5.81. The fraction of sp³-hybridized carbons (Fsp3) is 0.737. The predicted octanol–water partition coefficient (Wildman–Crippen LogP) is 5.97. The standard InChI is InChI=1S/C19H34O2/c1-3-5-6-7-8-9-10-11-12-13-14-15-16-17-18-21-19(20)4-2/h4,11-12H,2-3,5-10,13-18H2,1H3/b12-11+. The van der Waals surface area contributed by atoms with Crippen LogP contribution in [0.15, 0.2) is 24.8 Å². The molecule has 0 aromatic heterocycles. The SMILES string of the molecule is C=CC(=O)OCCCCCC/C=C/CCCCCCCC. The molecule has 21 heavy (non-hydrogen) atoms. The van der Waals surface area contributed by atoms with Gasteiger partial charge in [-0.15, -0.1) is 0 Å². The Labute approximate surface area is 131 Å². The van der Waals surface area contributed by atoms with Crippen molar-refractivity contribution in [1.29, 1.82) is 0 Å². The first-order valence-corrected chi connectivity index (χ1v) is 8.75. The zero-order valence-corrected chi connectivity index (χ0v) is 13.9. The van der Waals surface area contributed by atoms with Gasteiger partial charge < -0.3 is 4.74 Å². The molecule has 0 N–H and O–H groups in total. The Morgan fingerprint density at radius 3 is 1.95 bits per heavy atom. The molecule has 0 aromatic rings. The predicted molar refractivity (Wildman–Crippen MR) is 91.4 cm³/mol. The molecule has 0 saturated carbocycles. The molecule has 0 rings (SSSR count). The lowest BCUT2D eigenvalue weighted by Gasteiger charge is -2.01. The van der Waals surface area contributed by atoms with Gasteiger partial charge in [-0.25, -0.2) is 4.79 Å².